The lowest BCUT2D eigenvalue weighted by Gasteiger charge is -2.18. The van der Waals surface area contributed by atoms with E-state index in [9.17, 15) is 14.4 Å². The molecule has 0 aliphatic carbocycles. The van der Waals surface area contributed by atoms with Crippen LogP contribution in [0.15, 0.2) is 60.8 Å². The normalized spacial score (nSPS) is 12.4. The first-order valence-electron chi connectivity index (χ1n) is 29.8. The lowest BCUT2D eigenvalue weighted by atomic mass is 10.0. The molecule has 0 bridgehead atoms. The number of esters is 3. The van der Waals surface area contributed by atoms with Gasteiger partial charge in [-0.1, -0.05) is 268 Å². The number of allylic oxidation sites excluding steroid dienone is 10. The molecule has 0 saturated carbocycles. The highest BCUT2D eigenvalue weighted by Crippen LogP contribution is 2.17. The van der Waals surface area contributed by atoms with E-state index in [2.05, 4.69) is 81.5 Å². The van der Waals surface area contributed by atoms with Gasteiger partial charge in [0.05, 0.1) is 0 Å². The van der Waals surface area contributed by atoms with E-state index < -0.39 is 6.10 Å². The van der Waals surface area contributed by atoms with E-state index >= 15 is 0 Å². The van der Waals surface area contributed by atoms with E-state index in [0.717, 1.165) is 89.9 Å². The molecule has 0 rings (SSSR count). The summed E-state index contributed by atoms with van der Waals surface area (Å²) < 4.78 is 16.9. The average molecular weight is 966 g/mol. The fourth-order valence-electron chi connectivity index (χ4n) is 8.57. The number of ether oxygens (including phenoxy) is 3. The van der Waals surface area contributed by atoms with Crippen LogP contribution in [0.4, 0.5) is 0 Å². The van der Waals surface area contributed by atoms with Crippen molar-refractivity contribution in [3.63, 3.8) is 0 Å². The van der Waals surface area contributed by atoms with Gasteiger partial charge >= 0.3 is 17.9 Å². The van der Waals surface area contributed by atoms with Gasteiger partial charge in [-0.25, -0.2) is 0 Å². The Morgan fingerprint density at radius 2 is 0.609 bits per heavy atom. The van der Waals surface area contributed by atoms with Crippen LogP contribution in [0.1, 0.15) is 303 Å². The van der Waals surface area contributed by atoms with Gasteiger partial charge in [0, 0.05) is 19.3 Å². The second kappa shape index (κ2) is 57.7. The smallest absolute Gasteiger partial charge is 0.306 e. The number of carbonyl (C=O) groups is 3. The highest BCUT2D eigenvalue weighted by molar-refractivity contribution is 5.71. The molecule has 400 valence electrons. The molecule has 0 N–H and O–H groups in total. The van der Waals surface area contributed by atoms with Gasteiger partial charge in [0.25, 0.3) is 0 Å². The topological polar surface area (TPSA) is 78.9 Å². The summed E-state index contributed by atoms with van der Waals surface area (Å²) >= 11 is 0. The Bertz CT molecular complexity index is 1250. The monoisotopic (exact) mass is 965 g/mol. The standard InChI is InChI=1S/C63H112O6/c1-4-7-10-13-16-19-22-25-28-30-32-34-35-38-41-44-47-50-53-56-62(65)68-59-60(58-67-61(64)55-52-49-46-43-40-37-27-24-21-18-15-12-9-6-3)69-63(66)57-54-51-48-45-42-39-36-33-31-29-26-23-20-17-14-11-8-5-2/h9,12,16,18-19,21-22,25,27,37,60H,4-8,10-11,13-15,17,20,23-24,26,28-36,38-59H2,1-3H3/b12-9-,19-16-,21-18-,25-22-,37-27-. The minimum Gasteiger partial charge on any atom is -0.462 e. The zero-order chi connectivity index (χ0) is 50.0. The summed E-state index contributed by atoms with van der Waals surface area (Å²) in [5.41, 5.74) is 0. The van der Waals surface area contributed by atoms with Crippen molar-refractivity contribution in [3.8, 4) is 0 Å². The van der Waals surface area contributed by atoms with Gasteiger partial charge in [-0.3, -0.25) is 14.4 Å². The molecule has 0 aromatic heterocycles. The zero-order valence-electron chi connectivity index (χ0n) is 45.8. The van der Waals surface area contributed by atoms with Gasteiger partial charge in [0.1, 0.15) is 13.2 Å². The van der Waals surface area contributed by atoms with Gasteiger partial charge in [0.15, 0.2) is 6.10 Å². The van der Waals surface area contributed by atoms with Crippen molar-refractivity contribution < 1.29 is 28.6 Å². The lowest BCUT2D eigenvalue weighted by molar-refractivity contribution is -0.167. The van der Waals surface area contributed by atoms with Gasteiger partial charge in [-0.15, -0.1) is 0 Å². The number of hydrogen-bond acceptors (Lipinski definition) is 6. The third-order valence-electron chi connectivity index (χ3n) is 13.0. The fourth-order valence-corrected chi connectivity index (χ4v) is 8.57. The van der Waals surface area contributed by atoms with Crippen LogP contribution in [0.25, 0.3) is 0 Å². The molecule has 0 amide bonds. The Morgan fingerprint density at radius 3 is 1.00 bits per heavy atom. The number of unbranched alkanes of at least 4 members (excludes halogenated alkanes) is 34. The summed E-state index contributed by atoms with van der Waals surface area (Å²) in [6.07, 6.45) is 72.1. The van der Waals surface area contributed by atoms with Crippen molar-refractivity contribution >= 4 is 17.9 Å². The van der Waals surface area contributed by atoms with E-state index in [0.29, 0.717) is 19.3 Å². The first kappa shape index (κ1) is 66.1. The first-order chi connectivity index (χ1) is 34.0. The maximum absolute atomic E-state index is 12.9. The second-order valence-corrected chi connectivity index (χ2v) is 19.9. The highest BCUT2D eigenvalue weighted by atomic mass is 16.6. The van der Waals surface area contributed by atoms with Crippen molar-refractivity contribution in [1.29, 1.82) is 0 Å². The maximum atomic E-state index is 12.9. The largest absolute Gasteiger partial charge is 0.462 e. The van der Waals surface area contributed by atoms with Gasteiger partial charge in [-0.2, -0.15) is 0 Å². The number of carbonyl (C=O) groups excluding carboxylic acids is 3. The van der Waals surface area contributed by atoms with Crippen molar-refractivity contribution in [2.75, 3.05) is 13.2 Å². The molecule has 1 unspecified atom stereocenters. The zero-order valence-corrected chi connectivity index (χ0v) is 45.8. The Labute approximate surface area is 428 Å². The molecular weight excluding hydrogens is 853 g/mol. The molecule has 0 heterocycles. The number of rotatable bonds is 54. The van der Waals surface area contributed by atoms with E-state index in [4.69, 9.17) is 14.2 Å². The highest BCUT2D eigenvalue weighted by Gasteiger charge is 2.19. The average Bonchev–Trinajstić information content (AvgIpc) is 3.35. The molecule has 0 radical (unpaired) electrons. The lowest BCUT2D eigenvalue weighted by Crippen LogP contribution is -2.30. The minimum atomic E-state index is -0.783. The van der Waals surface area contributed by atoms with E-state index in [-0.39, 0.29) is 31.1 Å². The van der Waals surface area contributed by atoms with Crippen molar-refractivity contribution in [2.45, 2.75) is 309 Å². The molecule has 0 aliphatic rings. The van der Waals surface area contributed by atoms with Crippen LogP contribution in [-0.4, -0.2) is 37.2 Å². The van der Waals surface area contributed by atoms with E-state index in [1.807, 2.05) is 0 Å². The van der Waals surface area contributed by atoms with Crippen molar-refractivity contribution in [1.82, 2.24) is 0 Å². The molecule has 0 fully saturated rings. The molecule has 0 aliphatic heterocycles. The van der Waals surface area contributed by atoms with Gasteiger partial charge in [0.2, 0.25) is 0 Å². The summed E-state index contributed by atoms with van der Waals surface area (Å²) in [4.78, 5) is 38.2. The Morgan fingerprint density at radius 1 is 0.319 bits per heavy atom. The summed E-state index contributed by atoms with van der Waals surface area (Å²) in [5.74, 6) is -0.892. The maximum Gasteiger partial charge on any atom is 0.306 e. The summed E-state index contributed by atoms with van der Waals surface area (Å²) in [6.45, 7) is 6.52. The first-order valence-corrected chi connectivity index (χ1v) is 29.8. The van der Waals surface area contributed by atoms with Crippen molar-refractivity contribution in [2.24, 2.45) is 0 Å². The molecule has 0 saturated heterocycles. The van der Waals surface area contributed by atoms with Crippen LogP contribution in [0.2, 0.25) is 0 Å². The van der Waals surface area contributed by atoms with Gasteiger partial charge < -0.3 is 14.2 Å². The van der Waals surface area contributed by atoms with Crippen LogP contribution < -0.4 is 0 Å². The van der Waals surface area contributed by atoms with E-state index in [1.54, 1.807) is 0 Å². The van der Waals surface area contributed by atoms with Crippen LogP contribution in [0.3, 0.4) is 0 Å². The van der Waals surface area contributed by atoms with Crippen LogP contribution >= 0.6 is 0 Å². The molecular formula is C63H112O6. The van der Waals surface area contributed by atoms with Crippen LogP contribution in [-0.2, 0) is 28.6 Å². The van der Waals surface area contributed by atoms with Crippen LogP contribution in [0, 0.1) is 0 Å². The number of hydrogen-bond donors (Lipinski definition) is 0. The SMILES string of the molecule is CC/C=C\C/C=C\C/C=C\CCCCCCC(=O)OCC(COC(=O)CCCCCCCCCCCC/C=C\C=C/CCCCC)OC(=O)CCCCCCCCCCCCCCCCCCCC. The third kappa shape index (κ3) is 55.9. The summed E-state index contributed by atoms with van der Waals surface area (Å²) in [6, 6.07) is 0. The van der Waals surface area contributed by atoms with Crippen molar-refractivity contribution in [3.05, 3.63) is 60.8 Å². The third-order valence-corrected chi connectivity index (χ3v) is 13.0. The molecule has 6 heteroatoms. The Balaban J connectivity index is 4.36. The van der Waals surface area contributed by atoms with Gasteiger partial charge in [-0.05, 0) is 77.0 Å². The quantitative estimate of drug-likeness (QED) is 0.0199. The molecule has 1 atom stereocenters. The summed E-state index contributed by atoms with van der Waals surface area (Å²) in [7, 11) is 0. The molecule has 0 aromatic rings. The molecule has 69 heavy (non-hydrogen) atoms. The molecule has 0 spiro atoms. The fraction of sp³-hybridized carbons (Fsp3) is 0.794. The molecule has 6 nitrogen and oxygen atoms in total. The Kier molecular flexibility index (Phi) is 55.3. The van der Waals surface area contributed by atoms with Crippen LogP contribution in [0.5, 0.6) is 0 Å². The second-order valence-electron chi connectivity index (χ2n) is 19.9. The minimum absolute atomic E-state index is 0.0807. The predicted octanol–water partition coefficient (Wildman–Crippen LogP) is 20.0. The Hall–Kier alpha value is -2.89. The molecule has 0 aromatic carbocycles. The summed E-state index contributed by atoms with van der Waals surface area (Å²) in [5, 5.41) is 0. The van der Waals surface area contributed by atoms with E-state index in [1.165, 1.54) is 173 Å². The predicted molar refractivity (Wildman–Crippen MR) is 298 cm³/mol.